The second kappa shape index (κ2) is 11.7. The van der Waals surface area contributed by atoms with E-state index in [9.17, 15) is 14.0 Å². The standard InChI is InChI=1S/C25H27FN4O3/c26-18-10-14-20(15-11-18)33-19-12-8-17(9-13-19)21-6-4-7-23(29-21)25(32)30-22(24(28)31)5-2-1-3-16-27/h4,6-15,22H,1-3,5,16,27H2,(H2,28,31)(H,30,32)/t22-/m0/s1. The maximum absolute atomic E-state index is 13.0. The molecule has 0 aliphatic rings. The Bertz CT molecular complexity index is 1070. The Kier molecular flexibility index (Phi) is 8.49. The van der Waals surface area contributed by atoms with Crippen LogP contribution >= 0.6 is 0 Å². The highest BCUT2D eigenvalue weighted by Gasteiger charge is 2.19. The fourth-order valence-electron chi connectivity index (χ4n) is 3.24. The van der Waals surface area contributed by atoms with Crippen molar-refractivity contribution in [1.29, 1.82) is 0 Å². The summed E-state index contributed by atoms with van der Waals surface area (Å²) in [5, 5.41) is 2.67. The van der Waals surface area contributed by atoms with Crippen LogP contribution in [0.25, 0.3) is 11.3 Å². The molecule has 0 saturated heterocycles. The SMILES string of the molecule is NCCCCC[C@H](NC(=O)c1cccc(-c2ccc(Oc3ccc(F)cc3)cc2)n1)C(N)=O. The molecule has 0 unspecified atom stereocenters. The number of nitrogens with zero attached hydrogens (tertiary/aromatic N) is 1. The third-order valence-electron chi connectivity index (χ3n) is 5.03. The number of benzene rings is 2. The molecule has 2 amide bonds. The first-order chi connectivity index (χ1) is 16.0. The maximum Gasteiger partial charge on any atom is 0.270 e. The number of nitrogens with two attached hydrogens (primary N) is 2. The van der Waals surface area contributed by atoms with E-state index in [0.29, 0.717) is 30.2 Å². The third kappa shape index (κ3) is 7.11. The summed E-state index contributed by atoms with van der Waals surface area (Å²) in [4.78, 5) is 28.8. The topological polar surface area (TPSA) is 120 Å². The molecule has 3 aromatic rings. The van der Waals surface area contributed by atoms with Gasteiger partial charge < -0.3 is 21.5 Å². The van der Waals surface area contributed by atoms with Crippen molar-refractivity contribution < 1.29 is 18.7 Å². The molecule has 0 saturated carbocycles. The van der Waals surface area contributed by atoms with Crippen LogP contribution in [0.15, 0.2) is 66.7 Å². The number of pyridine rings is 1. The molecule has 8 heteroatoms. The Balaban J connectivity index is 1.66. The predicted octanol–water partition coefficient (Wildman–Crippen LogP) is 3.78. The molecule has 1 atom stereocenters. The Labute approximate surface area is 192 Å². The van der Waals surface area contributed by atoms with Gasteiger partial charge in [-0.2, -0.15) is 0 Å². The number of halogens is 1. The summed E-state index contributed by atoms with van der Waals surface area (Å²) in [5.74, 6) is -0.271. The van der Waals surface area contributed by atoms with Gasteiger partial charge in [0.15, 0.2) is 0 Å². The summed E-state index contributed by atoms with van der Waals surface area (Å²) in [6.45, 7) is 0.587. The lowest BCUT2D eigenvalue weighted by Gasteiger charge is -2.15. The van der Waals surface area contributed by atoms with E-state index in [-0.39, 0.29) is 11.5 Å². The van der Waals surface area contributed by atoms with Gasteiger partial charge >= 0.3 is 0 Å². The van der Waals surface area contributed by atoms with Crippen LogP contribution in [0.1, 0.15) is 36.2 Å². The second-order valence-corrected chi connectivity index (χ2v) is 7.55. The van der Waals surface area contributed by atoms with Crippen LogP contribution < -0.4 is 21.5 Å². The van der Waals surface area contributed by atoms with Crippen molar-refractivity contribution in [3.05, 3.63) is 78.2 Å². The Morgan fingerprint density at radius 3 is 2.24 bits per heavy atom. The van der Waals surface area contributed by atoms with Crippen molar-refractivity contribution in [2.45, 2.75) is 31.7 Å². The van der Waals surface area contributed by atoms with E-state index >= 15 is 0 Å². The number of primary amides is 1. The fraction of sp³-hybridized carbons (Fsp3) is 0.240. The van der Waals surface area contributed by atoms with Gasteiger partial charge in [0.25, 0.3) is 5.91 Å². The zero-order valence-corrected chi connectivity index (χ0v) is 18.2. The molecule has 3 rings (SSSR count). The quantitative estimate of drug-likeness (QED) is 0.384. The van der Waals surface area contributed by atoms with Crippen molar-refractivity contribution in [2.75, 3.05) is 6.54 Å². The van der Waals surface area contributed by atoms with Crippen LogP contribution in [0, 0.1) is 5.82 Å². The second-order valence-electron chi connectivity index (χ2n) is 7.55. The monoisotopic (exact) mass is 450 g/mol. The lowest BCUT2D eigenvalue weighted by Crippen LogP contribution is -2.44. The minimum atomic E-state index is -0.761. The minimum Gasteiger partial charge on any atom is -0.457 e. The number of amides is 2. The van der Waals surface area contributed by atoms with E-state index in [4.69, 9.17) is 16.2 Å². The smallest absolute Gasteiger partial charge is 0.270 e. The van der Waals surface area contributed by atoms with E-state index in [0.717, 1.165) is 24.8 Å². The highest BCUT2D eigenvalue weighted by Crippen LogP contribution is 2.25. The first kappa shape index (κ1) is 23.9. The number of nitrogens with one attached hydrogen (secondary N) is 1. The van der Waals surface area contributed by atoms with Crippen molar-refractivity contribution in [3.63, 3.8) is 0 Å². The lowest BCUT2D eigenvalue weighted by atomic mass is 10.1. The number of carbonyl (C=O) groups excluding carboxylic acids is 2. The van der Waals surface area contributed by atoms with Gasteiger partial charge in [0.1, 0.15) is 29.1 Å². The summed E-state index contributed by atoms with van der Waals surface area (Å²) >= 11 is 0. The summed E-state index contributed by atoms with van der Waals surface area (Å²) < 4.78 is 18.7. The van der Waals surface area contributed by atoms with Crippen LogP contribution in [0.3, 0.4) is 0 Å². The van der Waals surface area contributed by atoms with Crippen LogP contribution in [-0.2, 0) is 4.79 Å². The molecule has 0 aliphatic carbocycles. The highest BCUT2D eigenvalue weighted by molar-refractivity contribution is 5.96. The minimum absolute atomic E-state index is 0.187. The molecule has 172 valence electrons. The van der Waals surface area contributed by atoms with Crippen molar-refractivity contribution >= 4 is 11.8 Å². The Morgan fingerprint density at radius 2 is 1.61 bits per heavy atom. The summed E-state index contributed by atoms with van der Waals surface area (Å²) in [6.07, 6.45) is 2.92. The molecule has 0 spiro atoms. The number of aromatic nitrogens is 1. The summed E-state index contributed by atoms with van der Waals surface area (Å²) in [7, 11) is 0. The van der Waals surface area contributed by atoms with Gasteiger partial charge in [-0.15, -0.1) is 0 Å². The van der Waals surface area contributed by atoms with Gasteiger partial charge in [-0.25, -0.2) is 9.37 Å². The van der Waals surface area contributed by atoms with E-state index in [1.54, 1.807) is 42.5 Å². The summed E-state index contributed by atoms with van der Waals surface area (Å²) in [5.41, 5.74) is 12.5. The van der Waals surface area contributed by atoms with Crippen LogP contribution in [-0.4, -0.2) is 29.4 Å². The summed E-state index contributed by atoms with van der Waals surface area (Å²) in [6, 6.07) is 17.2. The maximum atomic E-state index is 13.0. The number of unbranched alkanes of at least 4 members (excludes halogenated alkanes) is 2. The molecule has 2 aromatic carbocycles. The molecule has 7 nitrogen and oxygen atoms in total. The number of carbonyl (C=O) groups is 2. The van der Waals surface area contributed by atoms with Gasteiger partial charge in [0, 0.05) is 5.56 Å². The molecular weight excluding hydrogens is 423 g/mol. The Hall–Kier alpha value is -3.78. The van der Waals surface area contributed by atoms with Crippen molar-refractivity contribution in [3.8, 4) is 22.8 Å². The van der Waals surface area contributed by atoms with E-state index < -0.39 is 17.9 Å². The van der Waals surface area contributed by atoms with E-state index in [1.807, 2.05) is 12.1 Å². The van der Waals surface area contributed by atoms with E-state index in [2.05, 4.69) is 10.3 Å². The van der Waals surface area contributed by atoms with Crippen LogP contribution in [0.5, 0.6) is 11.5 Å². The number of rotatable bonds is 11. The van der Waals surface area contributed by atoms with Gasteiger partial charge in [0.2, 0.25) is 5.91 Å². The first-order valence-electron chi connectivity index (χ1n) is 10.8. The van der Waals surface area contributed by atoms with Crippen molar-refractivity contribution in [1.82, 2.24) is 10.3 Å². The molecule has 0 radical (unpaired) electrons. The molecule has 1 aromatic heterocycles. The molecule has 0 aliphatic heterocycles. The lowest BCUT2D eigenvalue weighted by molar-refractivity contribution is -0.120. The fourth-order valence-corrected chi connectivity index (χ4v) is 3.24. The zero-order chi connectivity index (χ0) is 23.6. The molecule has 5 N–H and O–H groups in total. The average molecular weight is 451 g/mol. The number of hydrogen-bond donors (Lipinski definition) is 3. The average Bonchev–Trinajstić information content (AvgIpc) is 2.83. The largest absolute Gasteiger partial charge is 0.457 e. The van der Waals surface area contributed by atoms with Gasteiger partial charge in [-0.05, 0) is 80.1 Å². The van der Waals surface area contributed by atoms with Crippen molar-refractivity contribution in [2.24, 2.45) is 11.5 Å². The predicted molar refractivity (Wildman–Crippen MR) is 124 cm³/mol. The molecule has 0 bridgehead atoms. The third-order valence-corrected chi connectivity index (χ3v) is 5.03. The number of ether oxygens (including phenoxy) is 1. The molecule has 33 heavy (non-hydrogen) atoms. The van der Waals surface area contributed by atoms with Gasteiger partial charge in [-0.3, -0.25) is 9.59 Å². The number of hydrogen-bond acceptors (Lipinski definition) is 5. The van der Waals surface area contributed by atoms with Gasteiger partial charge in [-0.1, -0.05) is 18.9 Å². The first-order valence-corrected chi connectivity index (χ1v) is 10.8. The zero-order valence-electron chi connectivity index (χ0n) is 18.2. The van der Waals surface area contributed by atoms with Crippen LogP contribution in [0.2, 0.25) is 0 Å². The molecule has 1 heterocycles. The van der Waals surface area contributed by atoms with E-state index in [1.165, 1.54) is 12.1 Å². The normalized spacial score (nSPS) is 11.6. The van der Waals surface area contributed by atoms with Crippen LogP contribution in [0.4, 0.5) is 4.39 Å². The highest BCUT2D eigenvalue weighted by atomic mass is 19.1. The molecule has 0 fully saturated rings. The molecular formula is C25H27FN4O3. The van der Waals surface area contributed by atoms with Gasteiger partial charge in [0.05, 0.1) is 5.69 Å². The Morgan fingerprint density at radius 1 is 0.939 bits per heavy atom.